The third kappa shape index (κ3) is 8.46. The van der Waals surface area contributed by atoms with Crippen LogP contribution in [0.2, 0.25) is 0 Å². The summed E-state index contributed by atoms with van der Waals surface area (Å²) in [5.41, 5.74) is 5.46. The second-order valence-electron chi connectivity index (χ2n) is 3.45. The highest BCUT2D eigenvalue weighted by atomic mass is 17.2. The lowest BCUT2D eigenvalue weighted by Crippen LogP contribution is -2.33. The van der Waals surface area contributed by atoms with Crippen molar-refractivity contribution in [3.05, 3.63) is 6.26 Å². The summed E-state index contributed by atoms with van der Waals surface area (Å²) in [6, 6.07) is -0.973. The van der Waals surface area contributed by atoms with Crippen molar-refractivity contribution < 1.29 is 28.9 Å². The number of ether oxygens (including phenoxy) is 1. The lowest BCUT2D eigenvalue weighted by molar-refractivity contribution is -0.273. The van der Waals surface area contributed by atoms with Crippen LogP contribution in [0.1, 0.15) is 32.6 Å². The molecule has 0 fully saturated rings. The topological polar surface area (TPSA) is 105 Å². The Morgan fingerprint density at radius 3 is 2.78 bits per heavy atom. The van der Waals surface area contributed by atoms with Gasteiger partial charge in [0.05, 0.1) is 6.61 Å². The van der Waals surface area contributed by atoms with Crippen LogP contribution in [0.3, 0.4) is 0 Å². The average molecular weight is 259 g/mol. The van der Waals surface area contributed by atoms with Crippen molar-refractivity contribution >= 4 is 17.9 Å². The molecule has 7 nitrogen and oxygen atoms in total. The molecule has 0 aromatic heterocycles. The summed E-state index contributed by atoms with van der Waals surface area (Å²) < 4.78 is 4.31. The third-order valence-electron chi connectivity index (χ3n) is 1.92. The van der Waals surface area contributed by atoms with Crippen molar-refractivity contribution in [2.24, 2.45) is 5.73 Å². The molecule has 0 rings (SSSR count). The van der Waals surface area contributed by atoms with Gasteiger partial charge in [0.15, 0.2) is 12.2 Å². The van der Waals surface area contributed by atoms with Gasteiger partial charge in [-0.2, -0.15) is 4.89 Å². The predicted molar refractivity (Wildman–Crippen MR) is 60.5 cm³/mol. The largest absolute Gasteiger partial charge is 0.422 e. The summed E-state index contributed by atoms with van der Waals surface area (Å²) in [4.78, 5) is 41.0. The molecular formula is C11H17NO6. The summed E-state index contributed by atoms with van der Waals surface area (Å²) in [6.45, 7) is 2.28. The first-order valence-electron chi connectivity index (χ1n) is 5.59. The lowest BCUT2D eigenvalue weighted by atomic mass is 10.2. The van der Waals surface area contributed by atoms with Gasteiger partial charge in [0.25, 0.3) is 0 Å². The fraction of sp³-hybridized carbons (Fsp3) is 0.636. The second kappa shape index (κ2) is 10.5. The van der Waals surface area contributed by atoms with Gasteiger partial charge in [-0.3, -0.25) is 9.68 Å². The lowest BCUT2D eigenvalue weighted by Gasteiger charge is -2.09. The van der Waals surface area contributed by atoms with Crippen LogP contribution >= 0.6 is 0 Å². The van der Waals surface area contributed by atoms with E-state index < -0.39 is 18.0 Å². The fourth-order valence-corrected chi connectivity index (χ4v) is 0.905. The van der Waals surface area contributed by atoms with E-state index in [2.05, 4.69) is 14.5 Å². The molecular weight excluding hydrogens is 242 g/mol. The maximum absolute atomic E-state index is 11.2. The molecule has 0 unspecified atom stereocenters. The van der Waals surface area contributed by atoms with E-state index in [-0.39, 0.29) is 12.8 Å². The van der Waals surface area contributed by atoms with Crippen molar-refractivity contribution in [2.75, 3.05) is 6.61 Å². The van der Waals surface area contributed by atoms with E-state index in [9.17, 15) is 14.4 Å². The predicted octanol–water partition coefficient (Wildman–Crippen LogP) is 0.257. The smallest absolute Gasteiger partial charge is 0.358 e. The molecule has 18 heavy (non-hydrogen) atoms. The molecule has 0 aromatic rings. The molecule has 0 radical (unpaired) electrons. The molecule has 2 N–H and O–H groups in total. The number of carbonyl (C=O) groups is 2. The number of hydrogen-bond acceptors (Lipinski definition) is 7. The Labute approximate surface area is 105 Å². The molecule has 0 saturated carbocycles. The maximum atomic E-state index is 11.2. The fourth-order valence-electron chi connectivity index (χ4n) is 0.905. The van der Waals surface area contributed by atoms with Crippen LogP contribution in [0, 0.1) is 0 Å². The van der Waals surface area contributed by atoms with Gasteiger partial charge in [-0.05, 0) is 12.8 Å². The zero-order valence-electron chi connectivity index (χ0n) is 10.2. The summed E-state index contributed by atoms with van der Waals surface area (Å²) in [5.74, 6) is -0.130. The van der Waals surface area contributed by atoms with E-state index in [1.54, 1.807) is 0 Å². The average Bonchev–Trinajstić information content (AvgIpc) is 2.38. The van der Waals surface area contributed by atoms with Crippen LogP contribution in [-0.4, -0.2) is 30.5 Å². The molecule has 0 saturated heterocycles. The minimum Gasteiger partial charge on any atom is -0.422 e. The number of hydrogen-bond donors (Lipinski definition) is 1. The van der Waals surface area contributed by atoms with Crippen molar-refractivity contribution in [1.29, 1.82) is 0 Å². The summed E-state index contributed by atoms with van der Waals surface area (Å²) in [7, 11) is 0. The van der Waals surface area contributed by atoms with Crippen molar-refractivity contribution in [3.8, 4) is 0 Å². The molecule has 0 aliphatic rings. The van der Waals surface area contributed by atoms with Crippen molar-refractivity contribution in [3.63, 3.8) is 0 Å². The molecule has 0 bridgehead atoms. The first kappa shape index (κ1) is 16.3. The van der Waals surface area contributed by atoms with Gasteiger partial charge in [-0.25, -0.2) is 9.59 Å². The van der Waals surface area contributed by atoms with Gasteiger partial charge in [0.2, 0.25) is 0 Å². The zero-order chi connectivity index (χ0) is 13.8. The van der Waals surface area contributed by atoms with Crippen LogP contribution in [0.15, 0.2) is 6.26 Å². The molecule has 102 valence electrons. The number of unbranched alkanes of at least 4 members (excludes halogenated alkanes) is 1. The normalized spacial score (nSPS) is 11.2. The van der Waals surface area contributed by atoms with Gasteiger partial charge in [0.1, 0.15) is 6.04 Å². The molecule has 0 aliphatic heterocycles. The number of nitrogens with two attached hydrogens (primary N) is 1. The van der Waals surface area contributed by atoms with Crippen LogP contribution in [0.5, 0.6) is 0 Å². The molecule has 0 aromatic carbocycles. The molecule has 7 heteroatoms. The molecule has 0 aliphatic carbocycles. The number of carbonyl (C=O) groups excluding carboxylic acids is 3. The van der Waals surface area contributed by atoms with E-state index in [0.29, 0.717) is 12.9 Å². The van der Waals surface area contributed by atoms with Gasteiger partial charge < -0.3 is 10.5 Å². The summed E-state index contributed by atoms with van der Waals surface area (Å²) >= 11 is 0. The van der Waals surface area contributed by atoms with Crippen LogP contribution < -0.4 is 5.73 Å². The Balaban J connectivity index is 3.73. The van der Waals surface area contributed by atoms with Gasteiger partial charge in [0, 0.05) is 6.42 Å². The molecule has 1 atom stereocenters. The highest BCUT2D eigenvalue weighted by molar-refractivity contribution is 5.76. The highest BCUT2D eigenvalue weighted by Crippen LogP contribution is 2.00. The van der Waals surface area contributed by atoms with Crippen LogP contribution in [0.4, 0.5) is 0 Å². The zero-order valence-corrected chi connectivity index (χ0v) is 10.2. The monoisotopic (exact) mass is 259 g/mol. The van der Waals surface area contributed by atoms with E-state index >= 15 is 0 Å². The Morgan fingerprint density at radius 1 is 1.44 bits per heavy atom. The van der Waals surface area contributed by atoms with Gasteiger partial charge in [-0.1, -0.05) is 13.3 Å². The Kier molecular flexibility index (Phi) is 9.48. The first-order valence-corrected chi connectivity index (χ1v) is 5.59. The Bertz CT molecular complexity index is 311. The van der Waals surface area contributed by atoms with E-state index in [4.69, 9.17) is 5.73 Å². The molecule has 0 heterocycles. The van der Waals surface area contributed by atoms with Crippen molar-refractivity contribution in [1.82, 2.24) is 0 Å². The molecule has 0 spiro atoms. The Morgan fingerprint density at radius 2 is 2.17 bits per heavy atom. The standard InChI is InChI=1S/C11H17NO6/c1-2-3-7-17-18-11(15)9(12)4-5-10(14)16-8-6-13/h8-9H,2-5,7,12H2,1H3/t9-/m0/s1. The Hall–Kier alpha value is -1.69. The highest BCUT2D eigenvalue weighted by Gasteiger charge is 2.18. The first-order chi connectivity index (χ1) is 8.61. The SMILES string of the molecule is CCCCOOC(=O)[C@@H](N)CCC(=O)OC=C=O. The number of esters is 1. The van der Waals surface area contributed by atoms with Crippen LogP contribution in [-0.2, 0) is 28.9 Å². The second-order valence-corrected chi connectivity index (χ2v) is 3.45. The maximum Gasteiger partial charge on any atom is 0.358 e. The quantitative estimate of drug-likeness (QED) is 0.158. The minimum absolute atomic E-state index is 0.0432. The van der Waals surface area contributed by atoms with Gasteiger partial charge >= 0.3 is 11.9 Å². The number of rotatable bonds is 9. The minimum atomic E-state index is -0.973. The van der Waals surface area contributed by atoms with E-state index in [0.717, 1.165) is 12.8 Å². The summed E-state index contributed by atoms with van der Waals surface area (Å²) in [6.07, 6.45) is 2.22. The third-order valence-corrected chi connectivity index (χ3v) is 1.92. The van der Waals surface area contributed by atoms with Crippen LogP contribution in [0.25, 0.3) is 0 Å². The van der Waals surface area contributed by atoms with E-state index in [1.807, 2.05) is 6.92 Å². The summed E-state index contributed by atoms with van der Waals surface area (Å²) in [5, 5.41) is 0. The van der Waals surface area contributed by atoms with E-state index in [1.165, 1.54) is 5.94 Å². The van der Waals surface area contributed by atoms with Crippen molar-refractivity contribution in [2.45, 2.75) is 38.6 Å². The molecule has 0 amide bonds. The van der Waals surface area contributed by atoms with Gasteiger partial charge in [-0.15, -0.1) is 0 Å².